The van der Waals surface area contributed by atoms with Crippen LogP contribution in [0.25, 0.3) is 5.57 Å². The molecule has 4 atom stereocenters. The summed E-state index contributed by atoms with van der Waals surface area (Å²) in [4.78, 5) is 27.6. The Hall–Kier alpha value is -3.70. The maximum absolute atomic E-state index is 14.2. The fourth-order valence-corrected chi connectivity index (χ4v) is 7.42. The van der Waals surface area contributed by atoms with E-state index in [2.05, 4.69) is 65.7 Å². The van der Waals surface area contributed by atoms with Crippen molar-refractivity contribution in [3.05, 3.63) is 108 Å². The Kier molecular flexibility index (Phi) is 5.34. The molecule has 3 aromatic carbocycles. The number of benzene rings is 3. The van der Waals surface area contributed by atoms with Crippen LogP contribution in [0.2, 0.25) is 0 Å². The summed E-state index contributed by atoms with van der Waals surface area (Å²) < 4.78 is 5.41. The van der Waals surface area contributed by atoms with Gasteiger partial charge in [0.1, 0.15) is 5.75 Å². The third-order valence-corrected chi connectivity index (χ3v) is 8.89. The number of rotatable bonds is 5. The summed E-state index contributed by atoms with van der Waals surface area (Å²) in [5, 5.41) is 6.33. The van der Waals surface area contributed by atoms with Gasteiger partial charge in [-0.2, -0.15) is 0 Å². The molecule has 2 amide bonds. The Labute approximate surface area is 211 Å². The van der Waals surface area contributed by atoms with Crippen molar-refractivity contribution < 1.29 is 14.3 Å². The van der Waals surface area contributed by atoms with E-state index in [0.29, 0.717) is 17.9 Å². The number of nitrogens with one attached hydrogen (secondary N) is 2. The monoisotopic (exact) mass is 478 g/mol. The van der Waals surface area contributed by atoms with Gasteiger partial charge in [0.2, 0.25) is 5.91 Å². The summed E-state index contributed by atoms with van der Waals surface area (Å²) in [6.45, 7) is 5.28. The van der Waals surface area contributed by atoms with Gasteiger partial charge < -0.3 is 10.1 Å². The fraction of sp³-hybridized carbons (Fsp3) is 0.290. The van der Waals surface area contributed by atoms with E-state index in [0.717, 1.165) is 19.4 Å². The predicted octanol–water partition coefficient (Wildman–Crippen LogP) is 4.43. The summed E-state index contributed by atoms with van der Waals surface area (Å²) in [7, 11) is 1.56. The first-order chi connectivity index (χ1) is 17.5. The van der Waals surface area contributed by atoms with Crippen molar-refractivity contribution in [3.8, 4) is 5.75 Å². The van der Waals surface area contributed by atoms with Crippen LogP contribution in [0.15, 0.2) is 85.4 Å². The molecule has 2 N–H and O–H groups in total. The van der Waals surface area contributed by atoms with Crippen LogP contribution in [-0.4, -0.2) is 32.0 Å². The Bertz CT molecular complexity index is 1370. The Morgan fingerprint density at radius 3 is 2.53 bits per heavy atom. The van der Waals surface area contributed by atoms with E-state index in [9.17, 15) is 9.59 Å². The second-order valence-electron chi connectivity index (χ2n) is 10.2. The van der Waals surface area contributed by atoms with Crippen LogP contribution in [0.3, 0.4) is 0 Å². The molecular weight excluding hydrogens is 448 g/mol. The average molecular weight is 479 g/mol. The molecular formula is C31H30N2O3. The fourth-order valence-electron chi connectivity index (χ4n) is 7.42. The first-order valence-corrected chi connectivity index (χ1v) is 12.6. The molecule has 1 aliphatic heterocycles. The zero-order chi connectivity index (χ0) is 24.9. The third-order valence-electron chi connectivity index (χ3n) is 8.89. The number of carbonyl (C=O) groups is 2. The molecule has 2 bridgehead atoms. The van der Waals surface area contributed by atoms with Crippen LogP contribution in [0, 0.1) is 11.3 Å². The topological polar surface area (TPSA) is 67.4 Å². The third kappa shape index (κ3) is 2.99. The lowest BCUT2D eigenvalue weighted by molar-refractivity contribution is -0.141. The Balaban J connectivity index is 1.42. The summed E-state index contributed by atoms with van der Waals surface area (Å²) in [6, 6.07) is 26.4. The molecule has 1 saturated carbocycles. The van der Waals surface area contributed by atoms with Gasteiger partial charge in [-0.15, -0.1) is 0 Å². The van der Waals surface area contributed by atoms with Crippen LogP contribution >= 0.6 is 0 Å². The molecule has 0 radical (unpaired) electrons. The number of hydrogen-bond donors (Lipinski definition) is 2. The molecule has 0 spiro atoms. The maximum atomic E-state index is 14.2. The van der Waals surface area contributed by atoms with Gasteiger partial charge in [0.05, 0.1) is 12.5 Å². The number of fused-ring (bicyclic) bond motifs is 1. The molecule has 3 aromatic rings. The number of para-hydroxylation sites is 1. The minimum Gasteiger partial charge on any atom is -0.496 e. The van der Waals surface area contributed by atoms with Crippen molar-refractivity contribution in [3.63, 3.8) is 0 Å². The normalized spacial score (nSPS) is 27.6. The molecule has 36 heavy (non-hydrogen) atoms. The van der Waals surface area contributed by atoms with Crippen molar-refractivity contribution in [1.29, 1.82) is 0 Å². The second-order valence-corrected chi connectivity index (χ2v) is 10.2. The quantitative estimate of drug-likeness (QED) is 0.533. The van der Waals surface area contributed by atoms with Crippen molar-refractivity contribution in [2.75, 3.05) is 20.2 Å². The molecule has 4 aliphatic rings. The predicted molar refractivity (Wildman–Crippen MR) is 140 cm³/mol. The summed E-state index contributed by atoms with van der Waals surface area (Å²) in [6.07, 6.45) is 1.89. The lowest BCUT2D eigenvalue weighted by atomic mass is 9.42. The van der Waals surface area contributed by atoms with Crippen LogP contribution in [0.4, 0.5) is 0 Å². The molecule has 182 valence electrons. The molecule has 5 heteroatoms. The van der Waals surface area contributed by atoms with Gasteiger partial charge in [-0.05, 0) is 35.6 Å². The van der Waals surface area contributed by atoms with E-state index >= 15 is 0 Å². The summed E-state index contributed by atoms with van der Waals surface area (Å²) in [5.41, 5.74) is 3.60. The largest absolute Gasteiger partial charge is 0.496 e. The highest BCUT2D eigenvalue weighted by Crippen LogP contribution is 2.67. The average Bonchev–Trinajstić information content (AvgIpc) is 3.41. The summed E-state index contributed by atoms with van der Waals surface area (Å²) in [5.74, 6) is -0.0524. The maximum Gasteiger partial charge on any atom is 0.257 e. The molecule has 7 rings (SSSR count). The molecule has 3 aliphatic carbocycles. The number of hydrogen-bond acceptors (Lipinski definition) is 4. The number of ether oxygens (including phenoxy) is 1. The highest BCUT2D eigenvalue weighted by Gasteiger charge is 2.68. The minimum atomic E-state index is -0.723. The molecule has 1 heterocycles. The molecule has 1 saturated heterocycles. The first kappa shape index (κ1) is 22.7. The number of imide groups is 1. The van der Waals surface area contributed by atoms with Crippen LogP contribution in [0.5, 0.6) is 5.75 Å². The highest BCUT2D eigenvalue weighted by molar-refractivity contribution is 6.24. The number of methoxy groups -OCH3 is 1. The van der Waals surface area contributed by atoms with Crippen LogP contribution < -0.4 is 15.4 Å². The van der Waals surface area contributed by atoms with E-state index in [1.165, 1.54) is 16.7 Å². The number of carbonyl (C=O) groups excluding carboxylic acids is 2. The van der Waals surface area contributed by atoms with E-state index in [-0.39, 0.29) is 28.7 Å². The van der Waals surface area contributed by atoms with Gasteiger partial charge in [0.25, 0.3) is 5.91 Å². The summed E-state index contributed by atoms with van der Waals surface area (Å²) >= 11 is 0. The van der Waals surface area contributed by atoms with Crippen LogP contribution in [-0.2, 0) is 15.0 Å². The van der Waals surface area contributed by atoms with E-state index in [1.54, 1.807) is 19.2 Å². The molecule has 5 nitrogen and oxygen atoms in total. The van der Waals surface area contributed by atoms with Gasteiger partial charge in [0.15, 0.2) is 0 Å². The Morgan fingerprint density at radius 1 is 1.00 bits per heavy atom. The van der Waals surface area contributed by atoms with Gasteiger partial charge >= 0.3 is 0 Å². The van der Waals surface area contributed by atoms with Crippen molar-refractivity contribution in [2.45, 2.75) is 24.2 Å². The van der Waals surface area contributed by atoms with E-state index < -0.39 is 11.3 Å². The first-order valence-electron chi connectivity index (χ1n) is 12.6. The lowest BCUT2D eigenvalue weighted by Crippen LogP contribution is -2.63. The minimum absolute atomic E-state index is 0.0355. The number of amides is 2. The lowest BCUT2D eigenvalue weighted by Gasteiger charge is -2.60. The zero-order valence-electron chi connectivity index (χ0n) is 20.4. The van der Waals surface area contributed by atoms with Gasteiger partial charge in [-0.1, -0.05) is 79.4 Å². The highest BCUT2D eigenvalue weighted by atomic mass is 16.5. The van der Waals surface area contributed by atoms with E-state index in [4.69, 9.17) is 4.74 Å². The van der Waals surface area contributed by atoms with Crippen molar-refractivity contribution >= 4 is 17.4 Å². The van der Waals surface area contributed by atoms with E-state index in [1.807, 2.05) is 18.2 Å². The van der Waals surface area contributed by atoms with Crippen LogP contribution in [0.1, 0.15) is 41.0 Å². The van der Waals surface area contributed by atoms with Crippen molar-refractivity contribution in [2.24, 2.45) is 11.3 Å². The van der Waals surface area contributed by atoms with Gasteiger partial charge in [-0.25, -0.2) is 0 Å². The standard InChI is InChI=1S/C31H30N2O3/c1-20(22-12-7-9-15-26(22)36-2)28(34)33-29(35)31-19-32-18-27(31)30(21-10-4-3-5-11-21)17-16-25(31)23-13-6-8-14-24(23)30/h3-15,25,27,32H,1,16-19H2,2H3,(H,33,34,35)/t25-,27+,30-,31+/m1/s1. The SMILES string of the molecule is C=C(C(=O)NC(=O)[C@]12CNC[C@H]1[C@@]1(c3ccccc3)CC[C@@H]2c2ccccc21)c1ccccc1OC. The van der Waals surface area contributed by atoms with Crippen molar-refractivity contribution in [1.82, 2.24) is 10.6 Å². The molecule has 0 aromatic heterocycles. The Morgan fingerprint density at radius 2 is 1.72 bits per heavy atom. The zero-order valence-corrected chi connectivity index (χ0v) is 20.4. The smallest absolute Gasteiger partial charge is 0.257 e. The van der Waals surface area contributed by atoms with Gasteiger partial charge in [0, 0.05) is 41.5 Å². The van der Waals surface area contributed by atoms with Gasteiger partial charge in [-0.3, -0.25) is 14.9 Å². The molecule has 0 unspecified atom stereocenters. The molecule has 2 fully saturated rings. The second kappa shape index (κ2) is 8.45.